The van der Waals surface area contributed by atoms with E-state index in [9.17, 15) is 14.7 Å². The summed E-state index contributed by atoms with van der Waals surface area (Å²) in [5.74, 6) is -0.721. The van der Waals surface area contributed by atoms with E-state index >= 15 is 0 Å². The van der Waals surface area contributed by atoms with E-state index in [0.717, 1.165) is 12.8 Å². The summed E-state index contributed by atoms with van der Waals surface area (Å²) in [7, 11) is 0. The van der Waals surface area contributed by atoms with Gasteiger partial charge >= 0.3 is 5.97 Å². The minimum absolute atomic E-state index is 0.178. The van der Waals surface area contributed by atoms with Gasteiger partial charge in [0.25, 0.3) is 0 Å². The van der Waals surface area contributed by atoms with Crippen LogP contribution in [-0.2, 0) is 0 Å². The maximum Gasteiger partial charge on any atom is 0.339 e. The van der Waals surface area contributed by atoms with Crippen molar-refractivity contribution < 1.29 is 9.90 Å². The molecule has 0 saturated heterocycles. The largest absolute Gasteiger partial charge is 0.478 e. The lowest BCUT2D eigenvalue weighted by molar-refractivity contribution is 0.0697. The van der Waals surface area contributed by atoms with Gasteiger partial charge in [-0.1, -0.05) is 0 Å². The molecule has 16 heavy (non-hydrogen) atoms. The Hall–Kier alpha value is -2.04. The zero-order valence-electron chi connectivity index (χ0n) is 8.41. The van der Waals surface area contributed by atoms with Gasteiger partial charge in [-0.15, -0.1) is 0 Å². The van der Waals surface area contributed by atoms with Crippen molar-refractivity contribution in [3.63, 3.8) is 0 Å². The molecular weight excluding hydrogens is 208 g/mol. The van der Waals surface area contributed by atoms with Crippen molar-refractivity contribution in [2.45, 2.75) is 18.8 Å². The number of hydrogen-bond acceptors (Lipinski definition) is 2. The fourth-order valence-corrected chi connectivity index (χ4v) is 2.03. The van der Waals surface area contributed by atoms with Gasteiger partial charge in [-0.05, 0) is 18.8 Å². The lowest BCUT2D eigenvalue weighted by Crippen LogP contribution is -2.01. The molecule has 5 heteroatoms. The van der Waals surface area contributed by atoms with Crippen molar-refractivity contribution >= 4 is 17.0 Å². The van der Waals surface area contributed by atoms with Gasteiger partial charge < -0.3 is 15.1 Å². The summed E-state index contributed by atoms with van der Waals surface area (Å²) in [4.78, 5) is 28.5. The summed E-state index contributed by atoms with van der Waals surface area (Å²) in [5.41, 5.74) is 1.49. The molecule has 1 aliphatic rings. The Kier molecular flexibility index (Phi) is 1.71. The van der Waals surface area contributed by atoms with E-state index < -0.39 is 5.97 Å². The number of aromatic nitrogens is 2. The van der Waals surface area contributed by atoms with Crippen molar-refractivity contribution in [2.24, 2.45) is 0 Å². The Morgan fingerprint density at radius 3 is 2.75 bits per heavy atom. The highest BCUT2D eigenvalue weighted by atomic mass is 16.4. The van der Waals surface area contributed by atoms with Crippen LogP contribution in [0.1, 0.15) is 34.8 Å². The number of fused-ring (bicyclic) bond motifs is 1. The van der Waals surface area contributed by atoms with Crippen LogP contribution in [0, 0.1) is 0 Å². The molecule has 0 radical (unpaired) electrons. The van der Waals surface area contributed by atoms with Gasteiger partial charge in [-0.25, -0.2) is 4.79 Å². The van der Waals surface area contributed by atoms with Gasteiger partial charge in [-0.2, -0.15) is 0 Å². The highest BCUT2D eigenvalue weighted by Gasteiger charge is 2.32. The van der Waals surface area contributed by atoms with Gasteiger partial charge in [0, 0.05) is 18.0 Å². The maximum atomic E-state index is 11.6. The Balaban J connectivity index is 2.41. The summed E-state index contributed by atoms with van der Waals surface area (Å²) >= 11 is 0. The zero-order valence-corrected chi connectivity index (χ0v) is 8.41. The molecule has 2 aromatic rings. The first-order chi connectivity index (χ1) is 7.68. The summed E-state index contributed by atoms with van der Waals surface area (Å²) in [5, 5.41) is 9.18. The normalized spacial score (nSPS) is 15.5. The molecule has 3 N–H and O–H groups in total. The van der Waals surface area contributed by atoms with Gasteiger partial charge in [0.15, 0.2) is 0 Å². The Morgan fingerprint density at radius 2 is 2.12 bits per heavy atom. The SMILES string of the molecule is O=C(O)c1c(C2CC2)[nH]c2c(=O)cc[nH]c12. The van der Waals surface area contributed by atoms with E-state index in [1.165, 1.54) is 12.3 Å². The number of nitrogens with one attached hydrogen (secondary N) is 2. The molecule has 2 aromatic heterocycles. The van der Waals surface area contributed by atoms with Crippen LogP contribution in [0.15, 0.2) is 17.1 Å². The summed E-state index contributed by atoms with van der Waals surface area (Å²) < 4.78 is 0. The number of carboxylic acids is 1. The average molecular weight is 218 g/mol. The molecule has 0 aromatic carbocycles. The second-order valence-electron chi connectivity index (χ2n) is 4.09. The molecule has 0 amide bonds. The van der Waals surface area contributed by atoms with Gasteiger partial charge in [-0.3, -0.25) is 4.79 Å². The van der Waals surface area contributed by atoms with Crippen molar-refractivity contribution in [1.29, 1.82) is 0 Å². The van der Waals surface area contributed by atoms with Crippen molar-refractivity contribution in [3.8, 4) is 0 Å². The third-order valence-electron chi connectivity index (χ3n) is 2.94. The standard InChI is InChI=1S/C11H10N2O3/c14-6-3-4-12-10-7(11(15)16)8(5-1-2-5)13-9(6)10/h3-5,13H,1-2H2,(H,12,14)(H,15,16). The van der Waals surface area contributed by atoms with Crippen LogP contribution in [0.25, 0.3) is 11.0 Å². The van der Waals surface area contributed by atoms with E-state index in [0.29, 0.717) is 16.7 Å². The van der Waals surface area contributed by atoms with Crippen molar-refractivity contribution in [3.05, 3.63) is 33.7 Å². The number of aromatic amines is 2. The molecular formula is C11H10N2O3. The Labute approximate surface area is 90.1 Å². The minimum atomic E-state index is -0.991. The van der Waals surface area contributed by atoms with Gasteiger partial charge in [0.2, 0.25) is 5.43 Å². The Bertz CT molecular complexity index is 634. The number of aromatic carboxylic acids is 1. The maximum absolute atomic E-state index is 11.6. The van der Waals surface area contributed by atoms with Gasteiger partial charge in [0.05, 0.1) is 5.52 Å². The molecule has 0 unspecified atom stereocenters. The van der Waals surface area contributed by atoms with E-state index in [2.05, 4.69) is 9.97 Å². The lowest BCUT2D eigenvalue weighted by atomic mass is 10.1. The highest BCUT2D eigenvalue weighted by Crippen LogP contribution is 2.42. The molecule has 1 fully saturated rings. The first kappa shape index (κ1) is 9.21. The number of rotatable bonds is 2. The van der Waals surface area contributed by atoms with Gasteiger partial charge in [0.1, 0.15) is 11.1 Å². The van der Waals surface area contributed by atoms with Crippen LogP contribution in [0.5, 0.6) is 0 Å². The van der Waals surface area contributed by atoms with Crippen LogP contribution in [0.4, 0.5) is 0 Å². The topological polar surface area (TPSA) is 85.9 Å². The molecule has 82 valence electrons. The van der Waals surface area contributed by atoms with Crippen LogP contribution in [-0.4, -0.2) is 21.0 Å². The first-order valence-corrected chi connectivity index (χ1v) is 5.15. The number of H-pyrrole nitrogens is 2. The molecule has 3 rings (SSSR count). The molecule has 1 saturated carbocycles. The van der Waals surface area contributed by atoms with E-state index in [1.807, 2.05) is 0 Å². The van der Waals surface area contributed by atoms with E-state index in [4.69, 9.17) is 0 Å². The molecule has 2 heterocycles. The van der Waals surface area contributed by atoms with Crippen LogP contribution in [0.3, 0.4) is 0 Å². The summed E-state index contributed by atoms with van der Waals surface area (Å²) in [6.07, 6.45) is 3.45. The third kappa shape index (κ3) is 1.18. The molecule has 0 spiro atoms. The molecule has 0 aliphatic heterocycles. The van der Waals surface area contributed by atoms with Crippen LogP contribution >= 0.6 is 0 Å². The molecule has 0 atom stereocenters. The number of carboxylic acid groups (broad SMARTS) is 1. The van der Waals surface area contributed by atoms with Crippen LogP contribution < -0.4 is 5.43 Å². The molecule has 1 aliphatic carbocycles. The highest BCUT2D eigenvalue weighted by molar-refractivity contribution is 6.03. The predicted molar refractivity (Wildman–Crippen MR) is 57.9 cm³/mol. The van der Waals surface area contributed by atoms with Crippen LogP contribution in [0.2, 0.25) is 0 Å². The average Bonchev–Trinajstić information content (AvgIpc) is 2.99. The number of hydrogen-bond donors (Lipinski definition) is 3. The second-order valence-corrected chi connectivity index (χ2v) is 4.09. The minimum Gasteiger partial charge on any atom is -0.478 e. The summed E-state index contributed by atoms with van der Waals surface area (Å²) in [6, 6.07) is 1.39. The fraction of sp³-hybridized carbons (Fsp3) is 0.273. The lowest BCUT2D eigenvalue weighted by Gasteiger charge is -1.96. The fourth-order valence-electron chi connectivity index (χ4n) is 2.03. The van der Waals surface area contributed by atoms with E-state index in [1.54, 1.807) is 0 Å². The Morgan fingerprint density at radius 1 is 1.38 bits per heavy atom. The smallest absolute Gasteiger partial charge is 0.339 e. The predicted octanol–water partition coefficient (Wildman–Crippen LogP) is 1.43. The zero-order chi connectivity index (χ0) is 11.3. The molecule has 0 bridgehead atoms. The summed E-state index contributed by atoms with van der Waals surface area (Å²) in [6.45, 7) is 0. The second kappa shape index (κ2) is 2.98. The van der Waals surface area contributed by atoms with E-state index in [-0.39, 0.29) is 16.9 Å². The van der Waals surface area contributed by atoms with Crippen molar-refractivity contribution in [2.75, 3.05) is 0 Å². The molecule has 5 nitrogen and oxygen atoms in total. The third-order valence-corrected chi connectivity index (χ3v) is 2.94. The number of pyridine rings is 1. The number of carbonyl (C=O) groups is 1. The first-order valence-electron chi connectivity index (χ1n) is 5.15. The quantitative estimate of drug-likeness (QED) is 0.712. The van der Waals surface area contributed by atoms with Crippen molar-refractivity contribution in [1.82, 2.24) is 9.97 Å². The monoisotopic (exact) mass is 218 g/mol.